The minimum Gasteiger partial charge on any atom is -0.406 e. The van der Waals surface area contributed by atoms with Crippen molar-refractivity contribution in [2.75, 3.05) is 31.2 Å². The number of urea groups is 1. The number of rotatable bonds is 5. The third-order valence-corrected chi connectivity index (χ3v) is 4.81. The van der Waals surface area contributed by atoms with Crippen LogP contribution in [0.15, 0.2) is 24.3 Å². The van der Waals surface area contributed by atoms with Gasteiger partial charge in [0.15, 0.2) is 0 Å². The highest BCUT2D eigenvalue weighted by Gasteiger charge is 2.36. The molecule has 10 heteroatoms. The second kappa shape index (κ2) is 8.26. The molecule has 2 fully saturated rings. The number of halogens is 3. The van der Waals surface area contributed by atoms with Gasteiger partial charge in [0.05, 0.1) is 12.6 Å². The summed E-state index contributed by atoms with van der Waals surface area (Å²) in [5, 5.41) is 2.74. The molecule has 2 aliphatic heterocycles. The van der Waals surface area contributed by atoms with Crippen LogP contribution >= 0.6 is 0 Å². The zero-order valence-corrected chi connectivity index (χ0v) is 15.4. The molecule has 3 amide bonds. The van der Waals surface area contributed by atoms with Crippen molar-refractivity contribution in [3.63, 3.8) is 0 Å². The molecule has 2 unspecified atom stereocenters. The summed E-state index contributed by atoms with van der Waals surface area (Å²) < 4.78 is 46.4. The van der Waals surface area contributed by atoms with Crippen LogP contribution in [0.2, 0.25) is 0 Å². The van der Waals surface area contributed by atoms with Crippen LogP contribution in [0.1, 0.15) is 19.8 Å². The molecule has 2 saturated heterocycles. The largest absolute Gasteiger partial charge is 0.573 e. The van der Waals surface area contributed by atoms with Crippen molar-refractivity contribution in [2.45, 2.75) is 38.2 Å². The van der Waals surface area contributed by atoms with Gasteiger partial charge in [0.1, 0.15) is 11.8 Å². The maximum Gasteiger partial charge on any atom is 0.573 e. The predicted molar refractivity (Wildman–Crippen MR) is 94.0 cm³/mol. The topological polar surface area (TPSA) is 71.1 Å². The summed E-state index contributed by atoms with van der Waals surface area (Å²) >= 11 is 0. The first kappa shape index (κ1) is 20.2. The lowest BCUT2D eigenvalue weighted by molar-refractivity contribution is -0.274. The van der Waals surface area contributed by atoms with Gasteiger partial charge in [-0.1, -0.05) is 6.07 Å². The van der Waals surface area contributed by atoms with E-state index in [0.717, 1.165) is 12.5 Å². The van der Waals surface area contributed by atoms with Crippen molar-refractivity contribution >= 4 is 17.6 Å². The van der Waals surface area contributed by atoms with Gasteiger partial charge in [-0.2, -0.15) is 0 Å². The van der Waals surface area contributed by atoms with Crippen LogP contribution in [0, 0.1) is 0 Å². The number of ether oxygens (including phenoxy) is 2. The third-order valence-electron chi connectivity index (χ3n) is 4.81. The van der Waals surface area contributed by atoms with E-state index in [-0.39, 0.29) is 24.5 Å². The van der Waals surface area contributed by atoms with Gasteiger partial charge in [0.2, 0.25) is 5.91 Å². The lowest BCUT2D eigenvalue weighted by Gasteiger charge is -2.28. The van der Waals surface area contributed by atoms with Gasteiger partial charge < -0.3 is 24.6 Å². The zero-order valence-electron chi connectivity index (χ0n) is 15.4. The van der Waals surface area contributed by atoms with Crippen molar-refractivity contribution in [3.05, 3.63) is 24.3 Å². The number of hydrogen-bond donors (Lipinski definition) is 1. The van der Waals surface area contributed by atoms with Crippen LogP contribution in [0.25, 0.3) is 0 Å². The van der Waals surface area contributed by atoms with E-state index in [1.165, 1.54) is 23.1 Å². The van der Waals surface area contributed by atoms with E-state index < -0.39 is 18.2 Å². The quantitative estimate of drug-likeness (QED) is 0.823. The Morgan fingerprint density at radius 2 is 2.18 bits per heavy atom. The van der Waals surface area contributed by atoms with Crippen molar-refractivity contribution in [2.24, 2.45) is 0 Å². The molecular formula is C18H22F3N3O4. The molecule has 2 atom stereocenters. The molecule has 2 aliphatic rings. The van der Waals surface area contributed by atoms with E-state index in [1.54, 1.807) is 4.90 Å². The first-order chi connectivity index (χ1) is 13.3. The summed E-state index contributed by atoms with van der Waals surface area (Å²) in [6.45, 7) is 3.70. The minimum absolute atomic E-state index is 0.0196. The number of carbonyl (C=O) groups excluding carboxylic acids is 2. The van der Waals surface area contributed by atoms with E-state index in [0.29, 0.717) is 31.9 Å². The fourth-order valence-electron chi connectivity index (χ4n) is 3.49. The maximum atomic E-state index is 12.7. The Balaban J connectivity index is 1.64. The normalized spacial score (nSPS) is 22.4. The summed E-state index contributed by atoms with van der Waals surface area (Å²) in [5.41, 5.74) is 0.292. The predicted octanol–water partition coefficient (Wildman–Crippen LogP) is 2.51. The number of carbonyl (C=O) groups is 2. The van der Waals surface area contributed by atoms with Gasteiger partial charge in [0, 0.05) is 31.5 Å². The number of anilines is 1. The number of nitrogens with zero attached hydrogens (tertiary/aromatic N) is 2. The number of hydrogen-bond acceptors (Lipinski definition) is 4. The average molecular weight is 401 g/mol. The van der Waals surface area contributed by atoms with E-state index >= 15 is 0 Å². The Kier molecular flexibility index (Phi) is 5.97. The third kappa shape index (κ3) is 4.67. The molecule has 0 bridgehead atoms. The Labute approximate surface area is 160 Å². The number of likely N-dealkylation sites (N-methyl/N-ethyl adjacent to an activating group) is 1. The molecule has 2 heterocycles. The number of amides is 3. The molecule has 0 saturated carbocycles. The van der Waals surface area contributed by atoms with Crippen molar-refractivity contribution in [1.29, 1.82) is 0 Å². The molecule has 0 aromatic heterocycles. The highest BCUT2D eigenvalue weighted by molar-refractivity contribution is 6.01. The first-order valence-corrected chi connectivity index (χ1v) is 9.10. The average Bonchev–Trinajstić information content (AvgIpc) is 3.25. The molecule has 0 aliphatic carbocycles. The van der Waals surface area contributed by atoms with Crippen LogP contribution in [0.4, 0.5) is 23.7 Å². The summed E-state index contributed by atoms with van der Waals surface area (Å²) in [5.74, 6) is -0.764. The van der Waals surface area contributed by atoms with Gasteiger partial charge in [-0.3, -0.25) is 4.79 Å². The van der Waals surface area contributed by atoms with Crippen molar-refractivity contribution < 1.29 is 32.2 Å². The first-order valence-electron chi connectivity index (χ1n) is 9.10. The standard InChI is InChI=1S/C18H22F3N3O4/c1-2-23(13-7-9-27-11-13)17(26)22-15-6-8-24(16(15)25)12-4-3-5-14(10-12)28-18(19,20)21/h3-5,10,13,15H,2,6-9,11H2,1H3,(H,22,26). The van der Waals surface area contributed by atoms with Crippen LogP contribution in [0.5, 0.6) is 5.75 Å². The van der Waals surface area contributed by atoms with Gasteiger partial charge in [-0.05, 0) is 31.9 Å². The molecule has 0 spiro atoms. The minimum atomic E-state index is -4.81. The number of alkyl halides is 3. The Hall–Kier alpha value is -2.49. The Bertz CT molecular complexity index is 722. The van der Waals surface area contributed by atoms with E-state index in [2.05, 4.69) is 10.1 Å². The summed E-state index contributed by atoms with van der Waals surface area (Å²) in [6.07, 6.45) is -3.69. The summed E-state index contributed by atoms with van der Waals surface area (Å²) in [6, 6.07) is 4.15. The zero-order chi connectivity index (χ0) is 20.3. The molecule has 0 radical (unpaired) electrons. The lowest BCUT2D eigenvalue weighted by atomic mass is 10.2. The van der Waals surface area contributed by atoms with Gasteiger partial charge in [0.25, 0.3) is 0 Å². The summed E-state index contributed by atoms with van der Waals surface area (Å²) in [4.78, 5) is 28.2. The van der Waals surface area contributed by atoms with E-state index in [4.69, 9.17) is 4.74 Å². The number of nitrogens with one attached hydrogen (secondary N) is 1. The molecular weight excluding hydrogens is 379 g/mol. The molecule has 3 rings (SSSR count). The van der Waals surface area contributed by atoms with Crippen molar-refractivity contribution in [1.82, 2.24) is 10.2 Å². The lowest BCUT2D eigenvalue weighted by Crippen LogP contribution is -2.51. The summed E-state index contributed by atoms with van der Waals surface area (Å²) in [7, 11) is 0. The smallest absolute Gasteiger partial charge is 0.406 e. The number of benzene rings is 1. The van der Waals surface area contributed by atoms with Crippen LogP contribution < -0.4 is 15.0 Å². The van der Waals surface area contributed by atoms with Gasteiger partial charge in [-0.15, -0.1) is 13.2 Å². The van der Waals surface area contributed by atoms with Crippen LogP contribution in [-0.2, 0) is 9.53 Å². The van der Waals surface area contributed by atoms with E-state index in [9.17, 15) is 22.8 Å². The highest BCUT2D eigenvalue weighted by Crippen LogP contribution is 2.29. The molecule has 1 aromatic carbocycles. The van der Waals surface area contributed by atoms with Crippen LogP contribution in [-0.4, -0.2) is 61.6 Å². The fourth-order valence-corrected chi connectivity index (χ4v) is 3.49. The second-order valence-electron chi connectivity index (χ2n) is 6.63. The molecule has 7 nitrogen and oxygen atoms in total. The molecule has 154 valence electrons. The maximum absolute atomic E-state index is 12.7. The molecule has 1 aromatic rings. The van der Waals surface area contributed by atoms with E-state index in [1.807, 2.05) is 6.92 Å². The van der Waals surface area contributed by atoms with Crippen LogP contribution in [0.3, 0.4) is 0 Å². The Morgan fingerprint density at radius 1 is 1.39 bits per heavy atom. The SMILES string of the molecule is CCN(C(=O)NC1CCN(c2cccc(OC(F)(F)F)c2)C1=O)C1CCOC1. The highest BCUT2D eigenvalue weighted by atomic mass is 19.4. The fraction of sp³-hybridized carbons (Fsp3) is 0.556. The second-order valence-corrected chi connectivity index (χ2v) is 6.63. The molecule has 28 heavy (non-hydrogen) atoms. The van der Waals surface area contributed by atoms with Gasteiger partial charge >= 0.3 is 12.4 Å². The van der Waals surface area contributed by atoms with Gasteiger partial charge in [-0.25, -0.2) is 4.79 Å². The Morgan fingerprint density at radius 3 is 2.82 bits per heavy atom. The monoisotopic (exact) mass is 401 g/mol. The molecule has 1 N–H and O–H groups in total. The van der Waals surface area contributed by atoms with Crippen molar-refractivity contribution in [3.8, 4) is 5.75 Å².